The number of hydrogen-bond donors (Lipinski definition) is 1. The molecule has 2 aromatic heterocycles. The second-order valence-electron chi connectivity index (χ2n) is 2.87. The molecule has 0 aliphatic rings. The van der Waals surface area contributed by atoms with E-state index in [-0.39, 0.29) is 5.97 Å². The van der Waals surface area contributed by atoms with E-state index < -0.39 is 0 Å². The lowest BCUT2D eigenvalue weighted by atomic mass is 10.2. The van der Waals surface area contributed by atoms with Gasteiger partial charge in [0.25, 0.3) is 0 Å². The molecule has 2 heterocycles. The highest BCUT2D eigenvalue weighted by molar-refractivity contribution is 6.00. The average Bonchev–Trinajstić information content (AvgIpc) is 2.56. The van der Waals surface area contributed by atoms with Gasteiger partial charge in [0.05, 0.1) is 18.2 Å². The molecular formula is C9H9N3O2. The summed E-state index contributed by atoms with van der Waals surface area (Å²) < 4.78 is 4.64. The molecule has 0 aromatic carbocycles. The Bertz CT molecular complexity index is 490. The summed E-state index contributed by atoms with van der Waals surface area (Å²) in [7, 11) is 1.35. The number of aryl methyl sites for hydroxylation is 1. The van der Waals surface area contributed by atoms with Gasteiger partial charge in [-0.2, -0.15) is 0 Å². The van der Waals surface area contributed by atoms with E-state index >= 15 is 0 Å². The average molecular weight is 191 g/mol. The quantitative estimate of drug-likeness (QED) is 0.684. The lowest BCUT2D eigenvalue weighted by Gasteiger charge is -1.98. The van der Waals surface area contributed by atoms with Gasteiger partial charge in [0.1, 0.15) is 5.82 Å². The van der Waals surface area contributed by atoms with Crippen LogP contribution in [0.2, 0.25) is 0 Å². The molecule has 0 radical (unpaired) electrons. The Morgan fingerprint density at radius 1 is 1.57 bits per heavy atom. The summed E-state index contributed by atoms with van der Waals surface area (Å²) in [4.78, 5) is 22.5. The third kappa shape index (κ3) is 1.22. The summed E-state index contributed by atoms with van der Waals surface area (Å²) in [6.07, 6.45) is 1.54. The van der Waals surface area contributed by atoms with Crippen LogP contribution in [0.5, 0.6) is 0 Å². The molecule has 2 aromatic rings. The number of methoxy groups -OCH3 is 1. The molecule has 72 valence electrons. The Hall–Kier alpha value is -1.91. The first-order chi connectivity index (χ1) is 6.72. The van der Waals surface area contributed by atoms with Crippen molar-refractivity contribution in [2.75, 3.05) is 7.11 Å². The highest BCUT2D eigenvalue weighted by Gasteiger charge is 2.12. The maximum Gasteiger partial charge on any atom is 0.340 e. The molecular weight excluding hydrogens is 182 g/mol. The molecule has 2 rings (SSSR count). The Kier molecular flexibility index (Phi) is 1.92. The van der Waals surface area contributed by atoms with Crippen molar-refractivity contribution in [3.05, 3.63) is 23.7 Å². The Morgan fingerprint density at radius 2 is 2.36 bits per heavy atom. The summed E-state index contributed by atoms with van der Waals surface area (Å²) in [6.45, 7) is 1.81. The van der Waals surface area contributed by atoms with Crippen LogP contribution < -0.4 is 0 Å². The fourth-order valence-electron chi connectivity index (χ4n) is 1.31. The standard InChI is InChI=1S/C9H9N3O2/c1-5-11-7-6(9(13)14-2)3-4-10-8(7)12-5/h3-4H,1-2H3,(H,10,11,12). The monoisotopic (exact) mass is 191 g/mol. The zero-order valence-electron chi connectivity index (χ0n) is 7.87. The first kappa shape index (κ1) is 8.68. The molecule has 0 unspecified atom stereocenters. The van der Waals surface area contributed by atoms with Crippen molar-refractivity contribution < 1.29 is 9.53 Å². The van der Waals surface area contributed by atoms with Gasteiger partial charge in [-0.25, -0.2) is 14.8 Å². The molecule has 0 saturated heterocycles. The van der Waals surface area contributed by atoms with Gasteiger partial charge in [-0.05, 0) is 13.0 Å². The topological polar surface area (TPSA) is 67.9 Å². The predicted octanol–water partition coefficient (Wildman–Crippen LogP) is 1.05. The lowest BCUT2D eigenvalue weighted by Crippen LogP contribution is -2.02. The highest BCUT2D eigenvalue weighted by Crippen LogP contribution is 2.14. The molecule has 1 N–H and O–H groups in total. The smallest absolute Gasteiger partial charge is 0.340 e. The number of nitrogens with one attached hydrogen (secondary N) is 1. The van der Waals surface area contributed by atoms with Crippen LogP contribution in [0.1, 0.15) is 16.2 Å². The fourth-order valence-corrected chi connectivity index (χ4v) is 1.31. The van der Waals surface area contributed by atoms with Crippen molar-refractivity contribution in [3.63, 3.8) is 0 Å². The van der Waals surface area contributed by atoms with Gasteiger partial charge in [0.2, 0.25) is 0 Å². The maximum absolute atomic E-state index is 11.3. The van der Waals surface area contributed by atoms with Crippen molar-refractivity contribution in [3.8, 4) is 0 Å². The maximum atomic E-state index is 11.3. The van der Waals surface area contributed by atoms with Crippen LogP contribution in [0.3, 0.4) is 0 Å². The van der Waals surface area contributed by atoms with E-state index in [0.717, 1.165) is 5.82 Å². The van der Waals surface area contributed by atoms with Gasteiger partial charge < -0.3 is 9.72 Å². The van der Waals surface area contributed by atoms with E-state index in [1.807, 2.05) is 6.92 Å². The molecule has 0 aliphatic heterocycles. The number of hydrogen-bond acceptors (Lipinski definition) is 4. The predicted molar refractivity (Wildman–Crippen MR) is 50.0 cm³/mol. The molecule has 5 heteroatoms. The molecule has 0 amide bonds. The van der Waals surface area contributed by atoms with E-state index in [1.165, 1.54) is 13.3 Å². The van der Waals surface area contributed by atoms with E-state index in [1.54, 1.807) is 6.07 Å². The first-order valence-electron chi connectivity index (χ1n) is 4.12. The number of esters is 1. The van der Waals surface area contributed by atoms with E-state index in [9.17, 15) is 4.79 Å². The minimum atomic E-state index is -0.388. The molecule has 0 aliphatic carbocycles. The number of rotatable bonds is 1. The number of fused-ring (bicyclic) bond motifs is 1. The van der Waals surface area contributed by atoms with E-state index in [0.29, 0.717) is 16.7 Å². The van der Waals surface area contributed by atoms with Crippen molar-refractivity contribution in [2.24, 2.45) is 0 Å². The minimum Gasteiger partial charge on any atom is -0.465 e. The number of ether oxygens (including phenoxy) is 1. The van der Waals surface area contributed by atoms with Gasteiger partial charge in [-0.1, -0.05) is 0 Å². The van der Waals surface area contributed by atoms with Crippen molar-refractivity contribution in [1.82, 2.24) is 15.0 Å². The van der Waals surface area contributed by atoms with Crippen LogP contribution in [0.4, 0.5) is 0 Å². The number of nitrogens with zero attached hydrogens (tertiary/aromatic N) is 2. The highest BCUT2D eigenvalue weighted by atomic mass is 16.5. The normalized spacial score (nSPS) is 10.4. The SMILES string of the molecule is COC(=O)c1ccnc2nc(C)[nH]c12. The zero-order chi connectivity index (χ0) is 10.1. The molecule has 0 spiro atoms. The van der Waals surface area contributed by atoms with Crippen LogP contribution >= 0.6 is 0 Å². The fraction of sp³-hybridized carbons (Fsp3) is 0.222. The molecule has 0 saturated carbocycles. The molecule has 5 nitrogen and oxygen atoms in total. The Labute approximate surface area is 80.1 Å². The Morgan fingerprint density at radius 3 is 3.07 bits per heavy atom. The number of carbonyl (C=O) groups is 1. The molecule has 0 bridgehead atoms. The summed E-state index contributed by atoms with van der Waals surface area (Å²) in [6, 6.07) is 1.60. The summed E-state index contributed by atoms with van der Waals surface area (Å²) >= 11 is 0. The van der Waals surface area contributed by atoms with Gasteiger partial charge in [-0.15, -0.1) is 0 Å². The van der Waals surface area contributed by atoms with Gasteiger partial charge in [0.15, 0.2) is 5.65 Å². The van der Waals surface area contributed by atoms with Crippen LogP contribution in [0, 0.1) is 6.92 Å². The van der Waals surface area contributed by atoms with Crippen LogP contribution in [0.15, 0.2) is 12.3 Å². The largest absolute Gasteiger partial charge is 0.465 e. The van der Waals surface area contributed by atoms with Gasteiger partial charge in [0, 0.05) is 6.20 Å². The van der Waals surface area contributed by atoms with Gasteiger partial charge in [-0.3, -0.25) is 0 Å². The first-order valence-corrected chi connectivity index (χ1v) is 4.12. The third-order valence-corrected chi connectivity index (χ3v) is 1.92. The van der Waals surface area contributed by atoms with Crippen molar-refractivity contribution in [2.45, 2.75) is 6.92 Å². The number of imidazole rings is 1. The number of carbonyl (C=O) groups excluding carboxylic acids is 1. The second-order valence-corrected chi connectivity index (χ2v) is 2.87. The minimum absolute atomic E-state index is 0.388. The van der Waals surface area contributed by atoms with Crippen LogP contribution in [-0.4, -0.2) is 28.0 Å². The zero-order valence-corrected chi connectivity index (χ0v) is 7.87. The molecule has 14 heavy (non-hydrogen) atoms. The van der Waals surface area contributed by atoms with E-state index in [4.69, 9.17) is 0 Å². The number of aromatic nitrogens is 3. The summed E-state index contributed by atoms with van der Waals surface area (Å²) in [5.74, 6) is 0.338. The Balaban J connectivity index is 2.70. The number of H-pyrrole nitrogens is 1. The summed E-state index contributed by atoms with van der Waals surface area (Å²) in [5.41, 5.74) is 1.61. The van der Waals surface area contributed by atoms with Crippen LogP contribution in [0.25, 0.3) is 11.2 Å². The number of pyridine rings is 1. The van der Waals surface area contributed by atoms with Crippen molar-refractivity contribution >= 4 is 17.1 Å². The number of aromatic amines is 1. The van der Waals surface area contributed by atoms with Gasteiger partial charge >= 0.3 is 5.97 Å². The second kappa shape index (κ2) is 3.10. The third-order valence-electron chi connectivity index (χ3n) is 1.92. The van der Waals surface area contributed by atoms with Crippen molar-refractivity contribution in [1.29, 1.82) is 0 Å². The lowest BCUT2D eigenvalue weighted by molar-refractivity contribution is 0.0602. The molecule has 0 fully saturated rings. The molecule has 0 atom stereocenters. The summed E-state index contributed by atoms with van der Waals surface area (Å²) in [5, 5.41) is 0. The van der Waals surface area contributed by atoms with Crippen LogP contribution in [-0.2, 0) is 4.74 Å². The van der Waals surface area contributed by atoms with E-state index in [2.05, 4.69) is 19.7 Å².